The van der Waals surface area contributed by atoms with E-state index in [0.717, 1.165) is 12.6 Å². The molecule has 0 spiro atoms. The summed E-state index contributed by atoms with van der Waals surface area (Å²) in [4.78, 5) is 2.71. The maximum Gasteiger partial charge on any atom is 0.0220 e. The lowest BCUT2D eigenvalue weighted by Gasteiger charge is -2.41. The van der Waals surface area contributed by atoms with Gasteiger partial charge in [0.25, 0.3) is 0 Å². The summed E-state index contributed by atoms with van der Waals surface area (Å²) in [6, 6.07) is 1.36. The first-order chi connectivity index (χ1) is 7.94. The molecule has 0 amide bonds. The van der Waals surface area contributed by atoms with Crippen LogP contribution in [0.3, 0.4) is 0 Å². The Morgan fingerprint density at radius 1 is 1.18 bits per heavy atom. The normalized spacial score (nSPS) is 22.9. The Morgan fingerprint density at radius 2 is 1.76 bits per heavy atom. The van der Waals surface area contributed by atoms with Crippen molar-refractivity contribution in [3.05, 3.63) is 0 Å². The van der Waals surface area contributed by atoms with Crippen LogP contribution in [0.2, 0.25) is 0 Å². The number of nitrogens with zero attached hydrogens (tertiary/aromatic N) is 1. The van der Waals surface area contributed by atoms with Crippen molar-refractivity contribution in [2.24, 2.45) is 5.41 Å². The Hall–Kier alpha value is -0.0800. The molecule has 17 heavy (non-hydrogen) atoms. The van der Waals surface area contributed by atoms with Gasteiger partial charge in [0.05, 0.1) is 0 Å². The number of rotatable bonds is 6. The molecule has 1 aliphatic rings. The summed E-state index contributed by atoms with van der Waals surface area (Å²) in [5.41, 5.74) is 0.568. The summed E-state index contributed by atoms with van der Waals surface area (Å²) in [5.74, 6) is 0. The third-order valence-electron chi connectivity index (χ3n) is 4.05. The molecule has 1 aliphatic heterocycles. The van der Waals surface area contributed by atoms with Gasteiger partial charge in [-0.1, -0.05) is 41.0 Å². The highest BCUT2D eigenvalue weighted by molar-refractivity contribution is 4.83. The zero-order valence-corrected chi connectivity index (χ0v) is 12.6. The molecule has 1 saturated heterocycles. The largest absolute Gasteiger partial charge is 0.313 e. The molecule has 1 fully saturated rings. The predicted octanol–water partition coefficient (Wildman–Crippen LogP) is 3.28. The zero-order chi connectivity index (χ0) is 12.9. The molecule has 1 heterocycles. The second-order valence-corrected chi connectivity index (χ2v) is 6.71. The van der Waals surface area contributed by atoms with Crippen molar-refractivity contribution in [3.63, 3.8) is 0 Å². The summed E-state index contributed by atoms with van der Waals surface area (Å²) in [7, 11) is 0. The van der Waals surface area contributed by atoms with Gasteiger partial charge < -0.3 is 5.32 Å². The Balaban J connectivity index is 2.42. The van der Waals surface area contributed by atoms with Crippen molar-refractivity contribution < 1.29 is 0 Å². The predicted molar refractivity (Wildman–Crippen MR) is 76.4 cm³/mol. The molecule has 2 nitrogen and oxygen atoms in total. The van der Waals surface area contributed by atoms with Gasteiger partial charge in [-0.25, -0.2) is 0 Å². The minimum atomic E-state index is 0.568. The number of hydrogen-bond donors (Lipinski definition) is 1. The fraction of sp³-hybridized carbons (Fsp3) is 1.00. The first kappa shape index (κ1) is 15.0. The van der Waals surface area contributed by atoms with Crippen molar-refractivity contribution >= 4 is 0 Å². The minimum Gasteiger partial charge on any atom is -0.313 e. The Bertz CT molecular complexity index is 201. The molecule has 0 aromatic carbocycles. The molecule has 0 aliphatic carbocycles. The monoisotopic (exact) mass is 240 g/mol. The van der Waals surface area contributed by atoms with E-state index >= 15 is 0 Å². The standard InChI is InChI=1S/C15H32N2/c1-6-7-14(12-16-13(2)3)17-10-8-15(4,5)9-11-17/h13-14,16H,6-12H2,1-5H3. The zero-order valence-electron chi connectivity index (χ0n) is 12.6. The summed E-state index contributed by atoms with van der Waals surface area (Å²) in [6.45, 7) is 15.3. The third-order valence-corrected chi connectivity index (χ3v) is 4.05. The van der Waals surface area contributed by atoms with Crippen LogP contribution < -0.4 is 5.32 Å². The molecule has 0 aromatic rings. The van der Waals surface area contributed by atoms with E-state index in [1.54, 1.807) is 0 Å². The molecule has 102 valence electrons. The number of hydrogen-bond acceptors (Lipinski definition) is 2. The molecule has 1 unspecified atom stereocenters. The van der Waals surface area contributed by atoms with Crippen LogP contribution >= 0.6 is 0 Å². The van der Waals surface area contributed by atoms with Gasteiger partial charge in [0, 0.05) is 18.6 Å². The van der Waals surface area contributed by atoms with Crippen LogP contribution in [0, 0.1) is 5.41 Å². The molecule has 0 radical (unpaired) electrons. The van der Waals surface area contributed by atoms with Crippen LogP contribution in [0.5, 0.6) is 0 Å². The molecular weight excluding hydrogens is 208 g/mol. The van der Waals surface area contributed by atoms with Crippen molar-refractivity contribution in [2.45, 2.75) is 72.4 Å². The molecule has 1 rings (SSSR count). The lowest BCUT2D eigenvalue weighted by molar-refractivity contribution is 0.0877. The van der Waals surface area contributed by atoms with E-state index in [4.69, 9.17) is 0 Å². The second-order valence-electron chi connectivity index (χ2n) is 6.71. The molecular formula is C15H32N2. The average molecular weight is 240 g/mol. The van der Waals surface area contributed by atoms with Gasteiger partial charge in [-0.15, -0.1) is 0 Å². The van der Waals surface area contributed by atoms with Gasteiger partial charge in [0.2, 0.25) is 0 Å². The topological polar surface area (TPSA) is 15.3 Å². The molecule has 1 atom stereocenters. The van der Waals surface area contributed by atoms with E-state index in [9.17, 15) is 0 Å². The van der Waals surface area contributed by atoms with Crippen molar-refractivity contribution in [3.8, 4) is 0 Å². The van der Waals surface area contributed by atoms with Crippen LogP contribution in [0.15, 0.2) is 0 Å². The third kappa shape index (κ3) is 5.39. The van der Waals surface area contributed by atoms with Gasteiger partial charge in [-0.05, 0) is 37.8 Å². The first-order valence-corrected chi connectivity index (χ1v) is 7.42. The smallest absolute Gasteiger partial charge is 0.0220 e. The van der Waals surface area contributed by atoms with Crippen molar-refractivity contribution in [1.29, 1.82) is 0 Å². The van der Waals surface area contributed by atoms with E-state index in [1.165, 1.54) is 38.8 Å². The van der Waals surface area contributed by atoms with Gasteiger partial charge in [-0.2, -0.15) is 0 Å². The fourth-order valence-corrected chi connectivity index (χ4v) is 2.61. The van der Waals surface area contributed by atoms with E-state index < -0.39 is 0 Å². The summed E-state index contributed by atoms with van der Waals surface area (Å²) >= 11 is 0. The van der Waals surface area contributed by atoms with Crippen LogP contribution in [-0.2, 0) is 0 Å². The average Bonchev–Trinajstić information content (AvgIpc) is 2.24. The van der Waals surface area contributed by atoms with Gasteiger partial charge in [0.15, 0.2) is 0 Å². The Morgan fingerprint density at radius 3 is 2.24 bits per heavy atom. The number of likely N-dealkylation sites (tertiary alicyclic amines) is 1. The maximum absolute atomic E-state index is 3.61. The van der Waals surface area contributed by atoms with Crippen molar-refractivity contribution in [1.82, 2.24) is 10.2 Å². The Kier molecular flexibility index (Phi) is 5.94. The quantitative estimate of drug-likeness (QED) is 0.766. The maximum atomic E-state index is 3.61. The summed E-state index contributed by atoms with van der Waals surface area (Å²) in [6.07, 6.45) is 5.34. The van der Waals surface area contributed by atoms with Gasteiger partial charge >= 0.3 is 0 Å². The van der Waals surface area contributed by atoms with Gasteiger partial charge in [0.1, 0.15) is 0 Å². The molecule has 0 saturated carbocycles. The van der Waals surface area contributed by atoms with Crippen LogP contribution in [0.25, 0.3) is 0 Å². The first-order valence-electron chi connectivity index (χ1n) is 7.42. The molecule has 1 N–H and O–H groups in total. The van der Waals surface area contributed by atoms with E-state index in [-0.39, 0.29) is 0 Å². The van der Waals surface area contributed by atoms with E-state index in [2.05, 4.69) is 44.8 Å². The number of nitrogens with one attached hydrogen (secondary N) is 1. The van der Waals surface area contributed by atoms with Crippen LogP contribution in [-0.4, -0.2) is 36.6 Å². The second kappa shape index (κ2) is 6.75. The molecule has 2 heteroatoms. The summed E-state index contributed by atoms with van der Waals surface area (Å²) < 4.78 is 0. The highest BCUT2D eigenvalue weighted by Crippen LogP contribution is 2.30. The van der Waals surface area contributed by atoms with Crippen molar-refractivity contribution in [2.75, 3.05) is 19.6 Å². The molecule has 0 aromatic heterocycles. The lowest BCUT2D eigenvalue weighted by Crippen LogP contribution is -2.48. The van der Waals surface area contributed by atoms with Crippen LogP contribution in [0.4, 0.5) is 0 Å². The summed E-state index contributed by atoms with van der Waals surface area (Å²) in [5, 5.41) is 3.61. The Labute approximate surface area is 108 Å². The van der Waals surface area contributed by atoms with E-state index in [1.807, 2.05) is 0 Å². The van der Waals surface area contributed by atoms with E-state index in [0.29, 0.717) is 11.5 Å². The minimum absolute atomic E-state index is 0.568. The van der Waals surface area contributed by atoms with Gasteiger partial charge in [-0.3, -0.25) is 4.90 Å². The highest BCUT2D eigenvalue weighted by Gasteiger charge is 2.28. The van der Waals surface area contributed by atoms with Crippen LogP contribution in [0.1, 0.15) is 60.3 Å². The number of piperidine rings is 1. The highest BCUT2D eigenvalue weighted by atomic mass is 15.2. The molecule has 0 bridgehead atoms. The fourth-order valence-electron chi connectivity index (χ4n) is 2.61. The lowest BCUT2D eigenvalue weighted by atomic mass is 9.82. The SMILES string of the molecule is CCCC(CNC(C)C)N1CCC(C)(C)CC1.